The molecule has 0 radical (unpaired) electrons. The zero-order chi connectivity index (χ0) is 12.3. The second kappa shape index (κ2) is 4.69. The zero-order valence-corrected chi connectivity index (χ0v) is 9.21. The number of nitrogens with zero attached hydrogens (tertiary/aromatic N) is 1. The van der Waals surface area contributed by atoms with Crippen molar-refractivity contribution in [1.29, 1.82) is 0 Å². The number of carboxylic acids is 1. The highest BCUT2D eigenvalue weighted by Crippen LogP contribution is 2.22. The van der Waals surface area contributed by atoms with Gasteiger partial charge >= 0.3 is 5.97 Å². The van der Waals surface area contributed by atoms with Gasteiger partial charge in [0.2, 0.25) is 5.76 Å². The van der Waals surface area contributed by atoms with Crippen molar-refractivity contribution in [2.45, 2.75) is 6.92 Å². The lowest BCUT2D eigenvalue weighted by molar-refractivity contribution is 0.0652. The molecule has 0 bridgehead atoms. The quantitative estimate of drug-likeness (QED) is 0.877. The molecule has 0 aliphatic heterocycles. The number of hydrogen-bond acceptors (Lipinski definition) is 4. The van der Waals surface area contributed by atoms with Gasteiger partial charge in [-0.1, -0.05) is 5.16 Å². The third-order valence-electron chi connectivity index (χ3n) is 2.18. The van der Waals surface area contributed by atoms with E-state index in [2.05, 4.69) is 9.68 Å². The van der Waals surface area contributed by atoms with Gasteiger partial charge in [0.15, 0.2) is 0 Å². The Labute approximate surface area is 97.6 Å². The number of aromatic carboxylic acids is 1. The molecule has 1 N–H and O–H groups in total. The number of aromatic nitrogens is 1. The van der Waals surface area contributed by atoms with Gasteiger partial charge < -0.3 is 14.4 Å². The molecular weight excluding hydrogens is 222 g/mol. The van der Waals surface area contributed by atoms with Gasteiger partial charge in [-0.05, 0) is 31.2 Å². The zero-order valence-electron chi connectivity index (χ0n) is 9.21. The Kier molecular flexibility index (Phi) is 3.09. The summed E-state index contributed by atoms with van der Waals surface area (Å²) < 4.78 is 9.98. The third-order valence-corrected chi connectivity index (χ3v) is 2.18. The Hall–Kier alpha value is -2.30. The van der Waals surface area contributed by atoms with Crippen molar-refractivity contribution in [3.63, 3.8) is 0 Å². The first-order chi connectivity index (χ1) is 8.20. The van der Waals surface area contributed by atoms with Crippen molar-refractivity contribution in [2.75, 3.05) is 6.61 Å². The van der Waals surface area contributed by atoms with Gasteiger partial charge in [0.05, 0.1) is 6.61 Å². The van der Waals surface area contributed by atoms with Gasteiger partial charge in [-0.15, -0.1) is 0 Å². The molecule has 17 heavy (non-hydrogen) atoms. The fraction of sp³-hybridized carbons (Fsp3) is 0.167. The fourth-order valence-corrected chi connectivity index (χ4v) is 1.40. The van der Waals surface area contributed by atoms with Crippen LogP contribution in [0.3, 0.4) is 0 Å². The first kappa shape index (κ1) is 11.2. The van der Waals surface area contributed by atoms with Crippen LogP contribution in [-0.4, -0.2) is 22.8 Å². The lowest BCUT2D eigenvalue weighted by Crippen LogP contribution is -1.91. The van der Waals surface area contributed by atoms with E-state index in [1.807, 2.05) is 6.92 Å². The SMILES string of the molecule is CCOc1ccc(-c2cc(C(=O)O)on2)cc1. The summed E-state index contributed by atoms with van der Waals surface area (Å²) in [6.45, 7) is 2.51. The van der Waals surface area contributed by atoms with E-state index in [0.29, 0.717) is 12.3 Å². The van der Waals surface area contributed by atoms with E-state index in [9.17, 15) is 4.79 Å². The molecule has 1 aromatic carbocycles. The maximum atomic E-state index is 10.6. The summed E-state index contributed by atoms with van der Waals surface area (Å²) in [4.78, 5) is 10.6. The molecule has 1 heterocycles. The highest BCUT2D eigenvalue weighted by atomic mass is 16.5. The van der Waals surface area contributed by atoms with Crippen LogP contribution in [0.1, 0.15) is 17.5 Å². The topological polar surface area (TPSA) is 72.6 Å². The minimum Gasteiger partial charge on any atom is -0.494 e. The largest absolute Gasteiger partial charge is 0.494 e. The summed E-state index contributed by atoms with van der Waals surface area (Å²) in [5.41, 5.74) is 1.27. The first-order valence-corrected chi connectivity index (χ1v) is 5.14. The minimum atomic E-state index is -1.13. The van der Waals surface area contributed by atoms with Crippen molar-refractivity contribution in [3.8, 4) is 17.0 Å². The van der Waals surface area contributed by atoms with Crippen LogP contribution in [0.15, 0.2) is 34.9 Å². The maximum Gasteiger partial charge on any atom is 0.374 e. The molecule has 0 atom stereocenters. The molecule has 0 amide bonds. The highest BCUT2D eigenvalue weighted by molar-refractivity contribution is 5.85. The number of rotatable bonds is 4. The Morgan fingerprint density at radius 3 is 2.65 bits per heavy atom. The standard InChI is InChI=1S/C12H11NO4/c1-2-16-9-5-3-8(4-6-9)10-7-11(12(14)15)17-13-10/h3-7H,2H2,1H3,(H,14,15). The molecule has 88 valence electrons. The van der Waals surface area contributed by atoms with Crippen molar-refractivity contribution >= 4 is 5.97 Å². The maximum absolute atomic E-state index is 10.6. The van der Waals surface area contributed by atoms with E-state index in [4.69, 9.17) is 9.84 Å². The average Bonchev–Trinajstić information content (AvgIpc) is 2.80. The van der Waals surface area contributed by atoms with Crippen LogP contribution in [0.25, 0.3) is 11.3 Å². The Bertz CT molecular complexity index is 516. The summed E-state index contributed by atoms with van der Waals surface area (Å²) >= 11 is 0. The number of benzene rings is 1. The molecule has 0 saturated carbocycles. The molecule has 0 aliphatic rings. The van der Waals surface area contributed by atoms with E-state index >= 15 is 0 Å². The van der Waals surface area contributed by atoms with E-state index in [1.165, 1.54) is 6.07 Å². The average molecular weight is 233 g/mol. The van der Waals surface area contributed by atoms with Crippen LogP contribution in [0, 0.1) is 0 Å². The molecule has 2 rings (SSSR count). The molecule has 0 aliphatic carbocycles. The molecule has 1 aromatic heterocycles. The highest BCUT2D eigenvalue weighted by Gasteiger charge is 2.12. The number of carboxylic acid groups (broad SMARTS) is 1. The van der Waals surface area contributed by atoms with Gasteiger partial charge in [0.1, 0.15) is 11.4 Å². The summed E-state index contributed by atoms with van der Waals surface area (Å²) in [5.74, 6) is -0.540. The number of carbonyl (C=O) groups is 1. The fourth-order valence-electron chi connectivity index (χ4n) is 1.40. The van der Waals surface area contributed by atoms with E-state index < -0.39 is 5.97 Å². The molecule has 0 saturated heterocycles. The predicted octanol–water partition coefficient (Wildman–Crippen LogP) is 2.44. The van der Waals surface area contributed by atoms with Gasteiger partial charge in [-0.3, -0.25) is 0 Å². The second-order valence-electron chi connectivity index (χ2n) is 3.34. The van der Waals surface area contributed by atoms with Crippen LogP contribution in [-0.2, 0) is 0 Å². The van der Waals surface area contributed by atoms with E-state index in [1.54, 1.807) is 24.3 Å². The smallest absolute Gasteiger partial charge is 0.374 e. The van der Waals surface area contributed by atoms with Crippen LogP contribution < -0.4 is 4.74 Å². The van der Waals surface area contributed by atoms with Crippen molar-refractivity contribution in [1.82, 2.24) is 5.16 Å². The Balaban J connectivity index is 2.23. The van der Waals surface area contributed by atoms with Crippen LogP contribution in [0.5, 0.6) is 5.75 Å². The molecule has 0 unspecified atom stereocenters. The summed E-state index contributed by atoms with van der Waals surface area (Å²) in [7, 11) is 0. The second-order valence-corrected chi connectivity index (χ2v) is 3.34. The Morgan fingerprint density at radius 2 is 2.12 bits per heavy atom. The Morgan fingerprint density at radius 1 is 1.41 bits per heavy atom. The molecule has 0 spiro atoms. The van der Waals surface area contributed by atoms with Crippen molar-refractivity contribution in [3.05, 3.63) is 36.1 Å². The molecule has 0 fully saturated rings. The minimum absolute atomic E-state index is 0.172. The normalized spacial score (nSPS) is 10.2. The molecule has 5 nitrogen and oxygen atoms in total. The van der Waals surface area contributed by atoms with E-state index in [0.717, 1.165) is 11.3 Å². The number of hydrogen-bond donors (Lipinski definition) is 1. The van der Waals surface area contributed by atoms with Gasteiger partial charge in [0, 0.05) is 11.6 Å². The van der Waals surface area contributed by atoms with E-state index in [-0.39, 0.29) is 5.76 Å². The monoisotopic (exact) mass is 233 g/mol. The van der Waals surface area contributed by atoms with Crippen LogP contribution in [0.2, 0.25) is 0 Å². The molecule has 2 aromatic rings. The third kappa shape index (κ3) is 2.44. The van der Waals surface area contributed by atoms with Crippen LogP contribution in [0.4, 0.5) is 0 Å². The number of ether oxygens (including phenoxy) is 1. The van der Waals surface area contributed by atoms with Gasteiger partial charge in [0.25, 0.3) is 0 Å². The van der Waals surface area contributed by atoms with Gasteiger partial charge in [-0.25, -0.2) is 4.79 Å². The summed E-state index contributed by atoms with van der Waals surface area (Å²) in [6.07, 6.45) is 0. The predicted molar refractivity (Wildman–Crippen MR) is 60.1 cm³/mol. The van der Waals surface area contributed by atoms with Crippen molar-refractivity contribution < 1.29 is 19.2 Å². The first-order valence-electron chi connectivity index (χ1n) is 5.14. The van der Waals surface area contributed by atoms with Crippen LogP contribution >= 0.6 is 0 Å². The van der Waals surface area contributed by atoms with Crippen molar-refractivity contribution in [2.24, 2.45) is 0 Å². The lowest BCUT2D eigenvalue weighted by atomic mass is 10.1. The summed E-state index contributed by atoms with van der Waals surface area (Å²) in [6, 6.07) is 8.59. The molecule has 5 heteroatoms. The van der Waals surface area contributed by atoms with Gasteiger partial charge in [-0.2, -0.15) is 0 Å². The summed E-state index contributed by atoms with van der Waals surface area (Å²) in [5, 5.41) is 12.4. The molecular formula is C12H11NO4. The lowest BCUT2D eigenvalue weighted by Gasteiger charge is -2.02.